The molecule has 4 aromatic rings. The molecule has 2 aromatic carbocycles. The predicted octanol–water partition coefficient (Wildman–Crippen LogP) is 2.99. The van der Waals surface area contributed by atoms with Crippen LogP contribution in [0, 0.1) is 17.1 Å². The molecule has 0 unspecified atom stereocenters. The minimum absolute atomic E-state index is 0.0264. The molecule has 10 nitrogen and oxygen atoms in total. The maximum absolute atomic E-state index is 14.1. The van der Waals surface area contributed by atoms with E-state index in [1.807, 2.05) is 6.07 Å². The summed E-state index contributed by atoms with van der Waals surface area (Å²) in [7, 11) is 1.40. The lowest BCUT2D eigenvalue weighted by atomic mass is 10.0. The van der Waals surface area contributed by atoms with Gasteiger partial charge in [-0.2, -0.15) is 9.64 Å². The van der Waals surface area contributed by atoms with E-state index in [-0.39, 0.29) is 40.2 Å². The lowest BCUT2D eigenvalue weighted by Gasteiger charge is -2.28. The fourth-order valence-electron chi connectivity index (χ4n) is 4.01. The molecule has 1 atom stereocenters. The molecule has 13 heteroatoms. The zero-order valence-electron chi connectivity index (χ0n) is 18.4. The van der Waals surface area contributed by atoms with Crippen molar-refractivity contribution in [1.82, 2.24) is 24.6 Å². The number of hydrogen-bond donors (Lipinski definition) is 3. The Labute approximate surface area is 211 Å². The number of carbonyl (C=O) groups is 3. The number of aromatic nitrogens is 3. The van der Waals surface area contributed by atoms with Crippen LogP contribution in [0.15, 0.2) is 36.4 Å². The molecule has 180 valence electrons. The molecule has 0 saturated carbocycles. The standard InChI is InChI=1S/C23H15ClFN7O3S/c1-27-23(35)21-29-20(30-22(34)18-13-6-10(8-26)2-5-15(13)36-31-18)19-17(28-16(33)9-32(19)21)12-7-11(25)3-4-14(12)24/h2-7,17H,9H2,1H3,(H,27,35)(H,28,33)(H,30,34)/t17-/m1/s1. The second-order valence-electron chi connectivity index (χ2n) is 7.81. The van der Waals surface area contributed by atoms with Crippen LogP contribution >= 0.6 is 23.1 Å². The molecule has 2 aromatic heterocycles. The number of nitrogens with one attached hydrogen (secondary N) is 3. The lowest BCUT2D eigenvalue weighted by molar-refractivity contribution is -0.123. The van der Waals surface area contributed by atoms with Crippen molar-refractivity contribution >= 4 is 56.8 Å². The Morgan fingerprint density at radius 1 is 1.28 bits per heavy atom. The summed E-state index contributed by atoms with van der Waals surface area (Å²) in [6.07, 6.45) is 0. The monoisotopic (exact) mass is 523 g/mol. The van der Waals surface area contributed by atoms with Crippen LogP contribution in [0.1, 0.15) is 44.0 Å². The van der Waals surface area contributed by atoms with Crippen LogP contribution < -0.4 is 16.0 Å². The van der Waals surface area contributed by atoms with Crippen molar-refractivity contribution in [2.75, 3.05) is 12.4 Å². The largest absolute Gasteiger partial charge is 0.352 e. The van der Waals surface area contributed by atoms with Gasteiger partial charge in [-0.1, -0.05) is 11.6 Å². The van der Waals surface area contributed by atoms with Gasteiger partial charge in [0.05, 0.1) is 28.1 Å². The SMILES string of the molecule is CNC(=O)c1nc(NC(=O)c2nsc3ccc(C#N)cc23)c2n1CC(=O)N[C@@H]2c1cc(F)ccc1Cl. The van der Waals surface area contributed by atoms with E-state index in [9.17, 15) is 24.0 Å². The van der Waals surface area contributed by atoms with Crippen LogP contribution in [0.25, 0.3) is 10.1 Å². The number of amides is 3. The van der Waals surface area contributed by atoms with Crippen LogP contribution in [-0.4, -0.2) is 38.7 Å². The van der Waals surface area contributed by atoms with Crippen molar-refractivity contribution in [3.05, 3.63) is 75.6 Å². The van der Waals surface area contributed by atoms with E-state index in [2.05, 4.69) is 25.3 Å². The maximum atomic E-state index is 14.1. The summed E-state index contributed by atoms with van der Waals surface area (Å²) in [6, 6.07) is 9.59. The second kappa shape index (κ2) is 9.03. The summed E-state index contributed by atoms with van der Waals surface area (Å²) in [5.74, 6) is -2.41. The minimum atomic E-state index is -1.01. The van der Waals surface area contributed by atoms with Gasteiger partial charge in [-0.15, -0.1) is 0 Å². The first-order chi connectivity index (χ1) is 17.3. The summed E-state index contributed by atoms with van der Waals surface area (Å²) in [4.78, 5) is 42.7. The van der Waals surface area contributed by atoms with Gasteiger partial charge in [0.1, 0.15) is 18.1 Å². The number of halogens is 2. The molecule has 3 heterocycles. The van der Waals surface area contributed by atoms with Crippen molar-refractivity contribution < 1.29 is 18.8 Å². The van der Waals surface area contributed by atoms with E-state index < -0.39 is 29.6 Å². The third kappa shape index (κ3) is 3.94. The van der Waals surface area contributed by atoms with E-state index in [1.54, 1.807) is 18.2 Å². The van der Waals surface area contributed by atoms with Gasteiger partial charge < -0.3 is 20.5 Å². The molecule has 0 fully saturated rings. The summed E-state index contributed by atoms with van der Waals surface area (Å²) in [5.41, 5.74) is 0.894. The zero-order chi connectivity index (χ0) is 25.6. The molecule has 0 radical (unpaired) electrons. The number of fused-ring (bicyclic) bond motifs is 2. The molecule has 3 amide bonds. The third-order valence-corrected chi connectivity index (χ3v) is 6.80. The molecule has 1 aliphatic heterocycles. The average molecular weight is 524 g/mol. The Morgan fingerprint density at radius 2 is 2.08 bits per heavy atom. The predicted molar refractivity (Wildman–Crippen MR) is 129 cm³/mol. The normalized spacial score (nSPS) is 14.6. The molecule has 36 heavy (non-hydrogen) atoms. The Kier molecular flexibility index (Phi) is 5.87. The highest BCUT2D eigenvalue weighted by Crippen LogP contribution is 2.36. The first kappa shape index (κ1) is 23.4. The average Bonchev–Trinajstić information content (AvgIpc) is 3.45. The number of nitrogens with zero attached hydrogens (tertiary/aromatic N) is 4. The lowest BCUT2D eigenvalue weighted by Crippen LogP contribution is -2.41. The summed E-state index contributed by atoms with van der Waals surface area (Å²) < 4.78 is 20.4. The number of rotatable bonds is 4. The molecule has 3 N–H and O–H groups in total. The van der Waals surface area contributed by atoms with Crippen LogP contribution in [0.5, 0.6) is 0 Å². The molecule has 0 bridgehead atoms. The van der Waals surface area contributed by atoms with Gasteiger partial charge in [-0.3, -0.25) is 14.4 Å². The topological polar surface area (TPSA) is 142 Å². The Morgan fingerprint density at radius 3 is 2.83 bits per heavy atom. The van der Waals surface area contributed by atoms with Crippen molar-refractivity contribution in [3.8, 4) is 6.07 Å². The van der Waals surface area contributed by atoms with Crippen molar-refractivity contribution in [2.45, 2.75) is 12.6 Å². The second-order valence-corrected chi connectivity index (χ2v) is 9.02. The van der Waals surface area contributed by atoms with Gasteiger partial charge in [0.15, 0.2) is 5.82 Å². The Hall–Kier alpha value is -4.34. The molecular formula is C23H15ClFN7O3S. The van der Waals surface area contributed by atoms with Gasteiger partial charge in [-0.25, -0.2) is 9.37 Å². The molecule has 0 aliphatic carbocycles. The maximum Gasteiger partial charge on any atom is 0.287 e. The highest BCUT2D eigenvalue weighted by atomic mass is 35.5. The van der Waals surface area contributed by atoms with E-state index >= 15 is 0 Å². The summed E-state index contributed by atoms with van der Waals surface area (Å²) >= 11 is 7.41. The van der Waals surface area contributed by atoms with Crippen LogP contribution in [0.2, 0.25) is 5.02 Å². The molecule has 0 saturated heterocycles. The fraction of sp³-hybridized carbons (Fsp3) is 0.130. The molecule has 5 rings (SSSR count). The van der Waals surface area contributed by atoms with E-state index in [1.165, 1.54) is 29.8 Å². The quantitative estimate of drug-likeness (QED) is 0.375. The molecule has 1 aliphatic rings. The zero-order valence-corrected chi connectivity index (χ0v) is 20.0. The fourth-order valence-corrected chi connectivity index (χ4v) is 4.99. The number of nitriles is 1. The highest BCUT2D eigenvalue weighted by molar-refractivity contribution is 7.13. The Bertz CT molecular complexity index is 1620. The van der Waals surface area contributed by atoms with E-state index in [0.717, 1.165) is 11.5 Å². The molecular weight excluding hydrogens is 509 g/mol. The Balaban J connectivity index is 1.64. The third-order valence-electron chi connectivity index (χ3n) is 5.63. The summed E-state index contributed by atoms with van der Waals surface area (Å²) in [6.45, 7) is -0.254. The van der Waals surface area contributed by atoms with Crippen molar-refractivity contribution in [1.29, 1.82) is 5.26 Å². The van der Waals surface area contributed by atoms with Gasteiger partial charge in [-0.05, 0) is 47.9 Å². The van der Waals surface area contributed by atoms with Crippen LogP contribution in [0.3, 0.4) is 0 Å². The first-order valence-electron chi connectivity index (χ1n) is 10.5. The van der Waals surface area contributed by atoms with Crippen LogP contribution in [0.4, 0.5) is 10.2 Å². The smallest absolute Gasteiger partial charge is 0.287 e. The van der Waals surface area contributed by atoms with Crippen molar-refractivity contribution in [2.24, 2.45) is 0 Å². The number of benzene rings is 2. The van der Waals surface area contributed by atoms with Gasteiger partial charge in [0, 0.05) is 23.0 Å². The number of carbonyl (C=O) groups excluding carboxylic acids is 3. The number of imidazole rings is 1. The van der Waals surface area contributed by atoms with E-state index in [4.69, 9.17) is 11.6 Å². The van der Waals surface area contributed by atoms with Gasteiger partial charge in [0.2, 0.25) is 11.7 Å². The summed E-state index contributed by atoms with van der Waals surface area (Å²) in [5, 5.41) is 17.7. The number of hydrogen-bond acceptors (Lipinski definition) is 7. The molecule has 0 spiro atoms. The van der Waals surface area contributed by atoms with Gasteiger partial charge >= 0.3 is 0 Å². The first-order valence-corrected chi connectivity index (χ1v) is 11.6. The van der Waals surface area contributed by atoms with Crippen molar-refractivity contribution in [3.63, 3.8) is 0 Å². The minimum Gasteiger partial charge on any atom is -0.352 e. The number of anilines is 1. The highest BCUT2D eigenvalue weighted by Gasteiger charge is 2.36. The van der Waals surface area contributed by atoms with Gasteiger partial charge in [0.25, 0.3) is 11.8 Å². The van der Waals surface area contributed by atoms with E-state index in [0.29, 0.717) is 15.6 Å². The van der Waals surface area contributed by atoms with Crippen LogP contribution in [-0.2, 0) is 11.3 Å².